The monoisotopic (exact) mass is 1430 g/mol. The molecule has 5 aliphatic rings. The summed E-state index contributed by atoms with van der Waals surface area (Å²) < 4.78 is 50.8. The van der Waals surface area contributed by atoms with Gasteiger partial charge in [0, 0.05) is 85.5 Å². The number of hydrogen-bond donors (Lipinski definition) is 5. The van der Waals surface area contributed by atoms with E-state index in [1.54, 1.807) is 30.5 Å². The van der Waals surface area contributed by atoms with E-state index in [4.69, 9.17) is 75.6 Å². The average molecular weight is 1430 g/mol. The summed E-state index contributed by atoms with van der Waals surface area (Å²) in [5, 5.41) is 58.6. The number of aromatic nitrogens is 9. The minimum absolute atomic E-state index is 0.000384. The van der Waals surface area contributed by atoms with Crippen LogP contribution in [0.2, 0.25) is 15.1 Å². The maximum absolute atomic E-state index is 12.5. The van der Waals surface area contributed by atoms with Crippen LogP contribution in [-0.2, 0) is 81.2 Å². The van der Waals surface area contributed by atoms with Gasteiger partial charge in [-0.1, -0.05) is 111 Å². The smallest absolute Gasteiger partial charge is 0.490 e. The van der Waals surface area contributed by atoms with Crippen LogP contribution in [0.25, 0.3) is 0 Å². The molecule has 0 bridgehead atoms. The number of nitrogens with one attached hydrogen (secondary N) is 2. The van der Waals surface area contributed by atoms with E-state index < -0.39 is 30.1 Å². The van der Waals surface area contributed by atoms with Gasteiger partial charge in [-0.05, 0) is 162 Å². The van der Waals surface area contributed by atoms with E-state index in [-0.39, 0.29) is 17.1 Å². The highest BCUT2D eigenvalue weighted by Gasteiger charge is 2.38. The number of ether oxygens (including phenoxy) is 3. The number of benzene rings is 5. The Bertz CT molecular complexity index is 4130. The van der Waals surface area contributed by atoms with Gasteiger partial charge in [0.25, 0.3) is 0 Å². The fourth-order valence-corrected chi connectivity index (χ4v) is 12.5. The summed E-state index contributed by atoms with van der Waals surface area (Å²) in [6, 6.07) is 33.2. The van der Waals surface area contributed by atoms with Gasteiger partial charge < -0.3 is 34.8 Å². The molecule has 1 fully saturated rings. The number of fused-ring (bicyclic) bond motifs is 4. The maximum Gasteiger partial charge on any atom is 0.490 e. The van der Waals surface area contributed by atoms with Crippen LogP contribution in [0.15, 0.2) is 126 Å². The third-order valence-corrected chi connectivity index (χ3v) is 17.7. The summed E-state index contributed by atoms with van der Waals surface area (Å²) in [5.41, 5.74) is 11.6. The fourth-order valence-electron chi connectivity index (χ4n) is 11.7. The Morgan fingerprint density at radius 3 is 1.47 bits per heavy atom. The number of aliphatic carboxylic acids is 1. The maximum atomic E-state index is 12.5. The predicted molar refractivity (Wildman–Crippen MR) is 360 cm³/mol. The summed E-state index contributed by atoms with van der Waals surface area (Å²) in [6.07, 6.45) is 5.24. The van der Waals surface area contributed by atoms with E-state index in [1.165, 1.54) is 39.8 Å². The molecule has 0 radical (unpaired) electrons. The van der Waals surface area contributed by atoms with E-state index in [9.17, 15) is 32.7 Å². The Balaban J connectivity index is 0.000000154. The number of allylic oxidation sites excluding steroid dienone is 3. The molecule has 1 aliphatic carbocycles. The third kappa shape index (κ3) is 20.4. The lowest BCUT2D eigenvalue weighted by molar-refractivity contribution is -0.192. The first-order chi connectivity index (χ1) is 47.0. The van der Waals surface area contributed by atoms with Crippen LogP contribution in [0.5, 0.6) is 11.5 Å². The zero-order chi connectivity index (χ0) is 70.0. The molecular weight excluding hydrogens is 1360 g/mol. The van der Waals surface area contributed by atoms with Crippen molar-refractivity contribution < 1.29 is 61.9 Å². The van der Waals surface area contributed by atoms with Crippen molar-refractivity contribution in [2.75, 3.05) is 53.6 Å². The molecule has 0 spiro atoms. The Morgan fingerprint density at radius 1 is 0.582 bits per heavy atom. The minimum Gasteiger partial charge on any atom is -0.497 e. The van der Waals surface area contributed by atoms with Crippen LogP contribution in [-0.4, -0.2) is 159 Å². The van der Waals surface area contributed by atoms with Crippen molar-refractivity contribution in [1.82, 2.24) is 65.4 Å². The average Bonchev–Trinajstić information content (AvgIpc) is 1.56. The van der Waals surface area contributed by atoms with Crippen molar-refractivity contribution in [3.8, 4) is 11.5 Å². The molecule has 2 atom stereocenters. The number of methoxy groups -OCH3 is 2. The van der Waals surface area contributed by atoms with Crippen molar-refractivity contribution in [1.29, 1.82) is 0 Å². The Labute approximate surface area is 582 Å². The highest BCUT2D eigenvalue weighted by molar-refractivity contribution is 6.31. The second-order valence-electron chi connectivity index (χ2n) is 23.4. The second kappa shape index (κ2) is 34.7. The van der Waals surface area contributed by atoms with Crippen LogP contribution in [0.1, 0.15) is 106 Å². The molecule has 5 aromatic carbocycles. The van der Waals surface area contributed by atoms with Gasteiger partial charge in [-0.2, -0.15) is 23.5 Å². The first kappa shape index (κ1) is 73.5. The molecule has 0 saturated carbocycles. The lowest BCUT2D eigenvalue weighted by atomic mass is 9.83. The number of nitrogens with zero attached hydrogens (tertiary/aromatic N) is 11. The second-order valence-corrected chi connectivity index (χ2v) is 25.1. The van der Waals surface area contributed by atoms with Gasteiger partial charge in [0.05, 0.1) is 45.3 Å². The number of carbonyl (C=O) groups excluding carboxylic acids is 1. The molecule has 7 heterocycles. The standard InChI is InChI=1S/C23H25ClN4O3.C21H21ClN4O3.C13H13ClN4O2.C9H12ClN.C2HF3O2/c1-3-31-23(29)22-21(15-27-11-10-17-12-19(24)7-6-18(17)14-27)28(26-25-22)13-16-4-8-20(30-2)9-5-16;1-29-18-6-2-14(3-7-18)11-26-19(20(21(27)28)23-24-26)13-25-9-8-15-10-17(22)5-4-16(15)12-25;14-10-2-1-9-6-18(4-3-8(9)5-10)7-11-12(13(19)20)16-17-15-11;10-9-2-1-8-6-11-4-3-7(8)5-9;3-2(4,5)1(6)7/h4-9,12H,3,10-11,13-15H2,1-2H3;2-7,10H,8-9,11-13H2,1H3,(H,27,28);1-2,5H,3-4,6-7H2,(H,19,20)(H,15,16,17);1-2,5,7-8,11H,3-4,6H2;(H,6,7). The van der Waals surface area contributed by atoms with Crippen LogP contribution < -0.4 is 14.8 Å². The number of rotatable bonds is 16. The van der Waals surface area contributed by atoms with Gasteiger partial charge in [-0.25, -0.2) is 28.5 Å². The number of halogens is 7. The summed E-state index contributed by atoms with van der Waals surface area (Å²) in [7, 11) is 3.26. The van der Waals surface area contributed by atoms with E-state index in [2.05, 4.69) is 74.3 Å². The summed E-state index contributed by atoms with van der Waals surface area (Å²) in [6.45, 7) is 11.6. The van der Waals surface area contributed by atoms with E-state index >= 15 is 0 Å². The minimum atomic E-state index is -5.08. The Kier molecular flexibility index (Phi) is 26.0. The lowest BCUT2D eigenvalue weighted by Crippen LogP contribution is -2.35. The highest BCUT2D eigenvalue weighted by atomic mass is 35.5. The van der Waals surface area contributed by atoms with Gasteiger partial charge >= 0.3 is 30.1 Å². The summed E-state index contributed by atoms with van der Waals surface area (Å²) >= 11 is 24.1. The van der Waals surface area contributed by atoms with Crippen LogP contribution in [0, 0.1) is 11.8 Å². The molecule has 23 nitrogen and oxygen atoms in total. The number of esters is 1. The van der Waals surface area contributed by atoms with Gasteiger partial charge in [0.1, 0.15) is 17.2 Å². The van der Waals surface area contributed by atoms with Gasteiger partial charge in [0.2, 0.25) is 0 Å². The van der Waals surface area contributed by atoms with E-state index in [0.29, 0.717) is 62.6 Å². The van der Waals surface area contributed by atoms with Crippen molar-refractivity contribution in [2.24, 2.45) is 11.8 Å². The lowest BCUT2D eigenvalue weighted by Gasteiger charge is -2.30. The topological polar surface area (TPSA) is 281 Å². The zero-order valence-corrected chi connectivity index (χ0v) is 56.7. The molecule has 8 aromatic rings. The number of H-pyrrole nitrogens is 1. The van der Waals surface area contributed by atoms with Crippen molar-refractivity contribution in [2.45, 2.75) is 91.1 Å². The van der Waals surface area contributed by atoms with Crippen molar-refractivity contribution in [3.63, 3.8) is 0 Å². The number of carboxylic acids is 3. The van der Waals surface area contributed by atoms with Gasteiger partial charge in [-0.3, -0.25) is 14.7 Å². The molecule has 30 heteroatoms. The largest absolute Gasteiger partial charge is 0.497 e. The molecule has 4 aliphatic heterocycles. The molecule has 1 saturated heterocycles. The number of aromatic carboxylic acids is 2. The SMILES string of the molecule is CCOC(=O)c1nnn(Cc2ccc(OC)cc2)c1CN1CCc2cc(Cl)ccc2C1.COc1ccc(Cn2nnc(C(=O)O)c2CN2CCc3cc(Cl)ccc3C2)cc1.ClC1=CC2CCNCC2C=C1.O=C(O)C(F)(F)F.O=C(O)c1n[nH]nc1CN1CCc2cc(Cl)ccc2C1. The Morgan fingerprint density at radius 2 is 1.03 bits per heavy atom. The molecule has 3 aromatic heterocycles. The third-order valence-electron chi connectivity index (χ3n) is 16.8. The van der Waals surface area contributed by atoms with Crippen LogP contribution in [0.4, 0.5) is 13.2 Å². The quantitative estimate of drug-likeness (QED) is 0.0562. The first-order valence-corrected chi connectivity index (χ1v) is 32.7. The highest BCUT2D eigenvalue weighted by Crippen LogP contribution is 2.31. The van der Waals surface area contributed by atoms with Gasteiger partial charge in [-0.15, -0.1) is 15.3 Å². The molecule has 518 valence electrons. The molecule has 5 N–H and O–H groups in total. The predicted octanol–water partition coefficient (Wildman–Crippen LogP) is 11.2. The van der Waals surface area contributed by atoms with E-state index in [0.717, 1.165) is 120 Å². The van der Waals surface area contributed by atoms with Crippen molar-refractivity contribution >= 4 is 70.3 Å². The summed E-state index contributed by atoms with van der Waals surface area (Å²) in [5.74, 6) is -2.38. The number of alkyl halides is 3. The zero-order valence-electron chi connectivity index (χ0n) is 53.7. The number of piperidine rings is 1. The Hall–Kier alpha value is -8.73. The fraction of sp³-hybridized carbons (Fsp3) is 0.353. The first-order valence-electron chi connectivity index (χ1n) is 31.2. The normalized spacial score (nSPS) is 16.4. The molecular formula is C68H72Cl4F3N13O10. The van der Waals surface area contributed by atoms with Crippen molar-refractivity contribution in [3.05, 3.63) is 220 Å². The molecule has 2 unspecified atom stereocenters. The number of carboxylic acid groups (broad SMARTS) is 3. The molecule has 98 heavy (non-hydrogen) atoms. The number of aromatic amines is 1. The summed E-state index contributed by atoms with van der Waals surface area (Å²) in [4.78, 5) is 50.7. The number of hydrogen-bond acceptors (Lipinski definition) is 17. The molecule has 0 amide bonds. The van der Waals surface area contributed by atoms with Crippen LogP contribution in [0.3, 0.4) is 0 Å². The number of carbonyl (C=O) groups is 4. The van der Waals surface area contributed by atoms with E-state index in [1.807, 2.05) is 103 Å². The van der Waals surface area contributed by atoms with Crippen LogP contribution >= 0.6 is 46.4 Å². The molecule has 13 rings (SSSR count). The van der Waals surface area contributed by atoms with Gasteiger partial charge in [0.15, 0.2) is 17.1 Å².